The maximum absolute atomic E-state index is 12.6. The van der Waals surface area contributed by atoms with E-state index in [9.17, 15) is 9.59 Å². The molecule has 0 saturated heterocycles. The molecule has 29 heavy (non-hydrogen) atoms. The zero-order valence-corrected chi connectivity index (χ0v) is 16.9. The van der Waals surface area contributed by atoms with Crippen LogP contribution in [0.25, 0.3) is 11.3 Å². The van der Waals surface area contributed by atoms with Gasteiger partial charge in [-0.15, -0.1) is 23.1 Å². The topological polar surface area (TPSA) is 89.6 Å². The fourth-order valence-electron chi connectivity index (χ4n) is 3.04. The number of nitrogens with one attached hydrogen (secondary N) is 2. The van der Waals surface area contributed by atoms with Crippen LogP contribution in [0.1, 0.15) is 17.3 Å². The first kappa shape index (κ1) is 18.0. The lowest BCUT2D eigenvalue weighted by Gasteiger charge is -2.21. The Morgan fingerprint density at radius 2 is 2.07 bits per heavy atom. The van der Waals surface area contributed by atoms with Crippen molar-refractivity contribution in [3.05, 3.63) is 47.3 Å². The van der Waals surface area contributed by atoms with E-state index in [1.54, 1.807) is 12.1 Å². The second-order valence-electron chi connectivity index (χ2n) is 6.52. The minimum absolute atomic E-state index is 0.0617. The quantitative estimate of drug-likeness (QED) is 0.653. The Labute approximate surface area is 174 Å². The van der Waals surface area contributed by atoms with E-state index in [-0.39, 0.29) is 23.9 Å². The fraction of sp³-hybridized carbons (Fsp3) is 0.150. The Bertz CT molecular complexity index is 1140. The molecular weight excluding hydrogens is 410 g/mol. The van der Waals surface area contributed by atoms with Crippen molar-refractivity contribution < 1.29 is 19.1 Å². The number of thioether (sulfide) groups is 1. The van der Waals surface area contributed by atoms with Gasteiger partial charge in [-0.3, -0.25) is 14.9 Å². The van der Waals surface area contributed by atoms with Crippen LogP contribution in [-0.2, 0) is 4.79 Å². The molecule has 0 unspecified atom stereocenters. The number of fused-ring (bicyclic) bond motifs is 2. The Morgan fingerprint density at radius 3 is 2.97 bits per heavy atom. The Kier molecular flexibility index (Phi) is 4.40. The first-order valence-electron chi connectivity index (χ1n) is 8.85. The summed E-state index contributed by atoms with van der Waals surface area (Å²) in [5, 5.41) is 7.88. The van der Waals surface area contributed by atoms with E-state index in [4.69, 9.17) is 9.47 Å². The highest BCUT2D eigenvalue weighted by atomic mass is 32.2. The summed E-state index contributed by atoms with van der Waals surface area (Å²) in [6.07, 6.45) is 0. The summed E-state index contributed by atoms with van der Waals surface area (Å²) in [7, 11) is 0. The largest absolute Gasteiger partial charge is 0.454 e. The summed E-state index contributed by atoms with van der Waals surface area (Å²) in [5.41, 5.74) is 2.74. The van der Waals surface area contributed by atoms with Gasteiger partial charge in [0, 0.05) is 21.4 Å². The number of nitrogens with zero attached hydrogens (tertiary/aromatic N) is 1. The summed E-state index contributed by atoms with van der Waals surface area (Å²) in [6, 6.07) is 10.9. The summed E-state index contributed by atoms with van der Waals surface area (Å²) in [5.74, 6) is 1.06. The highest BCUT2D eigenvalue weighted by molar-refractivity contribution is 8.00. The molecule has 2 aliphatic heterocycles. The number of carbonyl (C=O) groups is 2. The van der Waals surface area contributed by atoms with Crippen molar-refractivity contribution in [2.45, 2.75) is 17.1 Å². The molecule has 2 N–H and O–H groups in total. The van der Waals surface area contributed by atoms with Gasteiger partial charge in [0.05, 0.1) is 16.6 Å². The van der Waals surface area contributed by atoms with Crippen molar-refractivity contribution in [2.24, 2.45) is 0 Å². The highest BCUT2D eigenvalue weighted by Gasteiger charge is 2.24. The lowest BCUT2D eigenvalue weighted by molar-refractivity contribution is -0.115. The SMILES string of the molecule is C[C@@H]1Sc2ccc(C(=O)Nc3nc(-c4ccc5c(c4)OCO5)cs3)cc2NC1=O. The highest BCUT2D eigenvalue weighted by Crippen LogP contribution is 2.37. The standard InChI is InChI=1S/C20H15N3O4S2/c1-10-18(24)21-13-6-12(3-5-17(13)29-10)19(25)23-20-22-14(8-28-20)11-2-4-15-16(7-11)27-9-26-15/h2-8,10H,9H2,1H3,(H,21,24)(H,22,23,25)/t10-/m0/s1. The predicted molar refractivity (Wildman–Crippen MR) is 112 cm³/mol. The van der Waals surface area contributed by atoms with Crippen molar-refractivity contribution in [1.82, 2.24) is 4.98 Å². The number of carbonyl (C=O) groups excluding carboxylic acids is 2. The van der Waals surface area contributed by atoms with E-state index in [2.05, 4.69) is 15.6 Å². The number of thiazole rings is 1. The monoisotopic (exact) mass is 425 g/mol. The molecule has 146 valence electrons. The number of amides is 2. The molecule has 0 fully saturated rings. The average molecular weight is 425 g/mol. The zero-order valence-electron chi connectivity index (χ0n) is 15.2. The van der Waals surface area contributed by atoms with Gasteiger partial charge in [0.15, 0.2) is 16.6 Å². The van der Waals surface area contributed by atoms with Crippen LogP contribution >= 0.6 is 23.1 Å². The molecule has 0 aliphatic carbocycles. The summed E-state index contributed by atoms with van der Waals surface area (Å²) >= 11 is 2.82. The molecular formula is C20H15N3O4S2. The van der Waals surface area contributed by atoms with Gasteiger partial charge < -0.3 is 14.8 Å². The molecule has 0 spiro atoms. The zero-order chi connectivity index (χ0) is 20.0. The molecule has 0 saturated carbocycles. The normalized spacial score (nSPS) is 16.9. The van der Waals surface area contributed by atoms with Crippen LogP contribution in [0, 0.1) is 0 Å². The van der Waals surface area contributed by atoms with Gasteiger partial charge in [0.25, 0.3) is 5.91 Å². The molecule has 5 rings (SSSR count). The maximum atomic E-state index is 12.6. The molecule has 1 atom stereocenters. The number of hydrogen-bond acceptors (Lipinski definition) is 7. The molecule has 0 bridgehead atoms. The van der Waals surface area contributed by atoms with Crippen molar-refractivity contribution in [2.75, 3.05) is 17.4 Å². The smallest absolute Gasteiger partial charge is 0.257 e. The molecule has 7 nitrogen and oxygen atoms in total. The van der Waals surface area contributed by atoms with Crippen molar-refractivity contribution in [3.63, 3.8) is 0 Å². The van der Waals surface area contributed by atoms with Crippen LogP contribution in [0.3, 0.4) is 0 Å². The Morgan fingerprint density at radius 1 is 1.21 bits per heavy atom. The number of hydrogen-bond donors (Lipinski definition) is 2. The number of rotatable bonds is 3. The predicted octanol–water partition coefficient (Wildman–Crippen LogP) is 4.22. The van der Waals surface area contributed by atoms with Crippen LogP contribution in [-0.4, -0.2) is 28.8 Å². The number of ether oxygens (including phenoxy) is 2. The summed E-state index contributed by atoms with van der Waals surface area (Å²) < 4.78 is 10.7. The summed E-state index contributed by atoms with van der Waals surface area (Å²) in [6.45, 7) is 2.07. The molecule has 2 aliphatic rings. The van der Waals surface area contributed by atoms with Gasteiger partial charge in [0.2, 0.25) is 12.7 Å². The van der Waals surface area contributed by atoms with E-state index in [0.29, 0.717) is 27.9 Å². The second kappa shape index (κ2) is 7.09. The van der Waals surface area contributed by atoms with Crippen LogP contribution in [0.15, 0.2) is 46.7 Å². The van der Waals surface area contributed by atoms with Gasteiger partial charge in [-0.1, -0.05) is 0 Å². The van der Waals surface area contributed by atoms with Gasteiger partial charge in [-0.25, -0.2) is 4.98 Å². The Hall–Kier alpha value is -3.04. The molecule has 3 heterocycles. The second-order valence-corrected chi connectivity index (χ2v) is 8.76. The number of benzene rings is 2. The fourth-order valence-corrected chi connectivity index (χ4v) is 4.68. The minimum Gasteiger partial charge on any atom is -0.454 e. The van der Waals surface area contributed by atoms with Gasteiger partial charge in [-0.2, -0.15) is 0 Å². The first-order valence-corrected chi connectivity index (χ1v) is 10.6. The molecule has 3 aromatic rings. The third kappa shape index (κ3) is 3.43. The van der Waals surface area contributed by atoms with E-state index in [1.165, 1.54) is 23.1 Å². The van der Waals surface area contributed by atoms with Gasteiger partial charge in [0.1, 0.15) is 0 Å². The molecule has 2 amide bonds. The molecule has 2 aromatic carbocycles. The average Bonchev–Trinajstić information content (AvgIpc) is 3.37. The number of anilines is 2. The lowest BCUT2D eigenvalue weighted by Crippen LogP contribution is -2.26. The molecule has 1 aromatic heterocycles. The summed E-state index contributed by atoms with van der Waals surface area (Å²) in [4.78, 5) is 30.0. The first-order chi connectivity index (χ1) is 14.1. The minimum atomic E-state index is -0.280. The van der Waals surface area contributed by atoms with Crippen molar-refractivity contribution in [3.8, 4) is 22.8 Å². The van der Waals surface area contributed by atoms with E-state index >= 15 is 0 Å². The van der Waals surface area contributed by atoms with Crippen LogP contribution in [0.4, 0.5) is 10.8 Å². The van der Waals surface area contributed by atoms with E-state index in [1.807, 2.05) is 36.6 Å². The van der Waals surface area contributed by atoms with Crippen LogP contribution in [0.5, 0.6) is 11.5 Å². The third-order valence-electron chi connectivity index (χ3n) is 4.57. The van der Waals surface area contributed by atoms with Crippen molar-refractivity contribution in [1.29, 1.82) is 0 Å². The third-order valence-corrected chi connectivity index (χ3v) is 6.50. The molecule has 0 radical (unpaired) electrons. The van der Waals surface area contributed by atoms with E-state index < -0.39 is 0 Å². The van der Waals surface area contributed by atoms with Gasteiger partial charge >= 0.3 is 0 Å². The van der Waals surface area contributed by atoms with Crippen LogP contribution in [0.2, 0.25) is 0 Å². The lowest BCUT2D eigenvalue weighted by atomic mass is 10.1. The van der Waals surface area contributed by atoms with E-state index in [0.717, 1.165) is 16.2 Å². The van der Waals surface area contributed by atoms with Crippen molar-refractivity contribution >= 4 is 45.7 Å². The Balaban J connectivity index is 1.33. The maximum Gasteiger partial charge on any atom is 0.257 e. The van der Waals surface area contributed by atoms with Crippen LogP contribution < -0.4 is 20.1 Å². The molecule has 9 heteroatoms. The van der Waals surface area contributed by atoms with Gasteiger partial charge in [-0.05, 0) is 43.3 Å². The number of aromatic nitrogens is 1.